The third-order valence-electron chi connectivity index (χ3n) is 4.44. The molecule has 0 radical (unpaired) electrons. The zero-order valence-electron chi connectivity index (χ0n) is 15.6. The number of benzene rings is 2. The number of carbonyl (C=O) groups excluding carboxylic acids is 2. The summed E-state index contributed by atoms with van der Waals surface area (Å²) in [5.41, 5.74) is -0.0164. The standard InChI is InChI=1S/C21H13ClF3NO4S/c22-14-6-3-5-13(21(23,24)25)18(14)26-17(27)10-30-20(28)16-8-11-9-29-15-7-2-1-4-12(15)19(11)31-16/h1-8H,9-10H2,(H,26,27). The third-order valence-corrected chi connectivity index (χ3v) is 5.95. The van der Waals surface area contributed by atoms with Crippen molar-refractivity contribution in [3.63, 3.8) is 0 Å². The smallest absolute Gasteiger partial charge is 0.418 e. The summed E-state index contributed by atoms with van der Waals surface area (Å²) in [4.78, 5) is 25.6. The number of ether oxygens (including phenoxy) is 2. The molecule has 0 unspecified atom stereocenters. The van der Waals surface area contributed by atoms with E-state index in [4.69, 9.17) is 21.1 Å². The van der Waals surface area contributed by atoms with Crippen LogP contribution >= 0.6 is 22.9 Å². The summed E-state index contributed by atoms with van der Waals surface area (Å²) in [7, 11) is 0. The first kappa shape index (κ1) is 21.2. The van der Waals surface area contributed by atoms with Crippen LogP contribution in [-0.4, -0.2) is 18.5 Å². The summed E-state index contributed by atoms with van der Waals surface area (Å²) in [6, 6.07) is 12.1. The summed E-state index contributed by atoms with van der Waals surface area (Å²) < 4.78 is 50.0. The Hall–Kier alpha value is -3.04. The van der Waals surface area contributed by atoms with Gasteiger partial charge >= 0.3 is 12.1 Å². The summed E-state index contributed by atoms with van der Waals surface area (Å²) in [6.07, 6.45) is -4.71. The first-order chi connectivity index (χ1) is 14.7. The van der Waals surface area contributed by atoms with Crippen LogP contribution in [0.25, 0.3) is 10.4 Å². The Bertz CT molecular complexity index is 1180. The topological polar surface area (TPSA) is 64.6 Å². The van der Waals surface area contributed by atoms with E-state index in [2.05, 4.69) is 5.32 Å². The van der Waals surface area contributed by atoms with E-state index in [-0.39, 0.29) is 9.90 Å². The predicted octanol–water partition coefficient (Wildman–Crippen LogP) is 5.78. The van der Waals surface area contributed by atoms with Gasteiger partial charge in [0.05, 0.1) is 16.3 Å². The van der Waals surface area contributed by atoms with Gasteiger partial charge in [0.1, 0.15) is 17.2 Å². The molecule has 160 valence electrons. The molecule has 0 bridgehead atoms. The average Bonchev–Trinajstić information content (AvgIpc) is 3.18. The minimum atomic E-state index is -4.71. The highest BCUT2D eigenvalue weighted by molar-refractivity contribution is 7.17. The second-order valence-corrected chi connectivity index (χ2v) is 7.99. The van der Waals surface area contributed by atoms with Gasteiger partial charge in [-0.15, -0.1) is 11.3 Å². The molecule has 0 saturated carbocycles. The van der Waals surface area contributed by atoms with Crippen molar-refractivity contribution in [2.75, 3.05) is 11.9 Å². The van der Waals surface area contributed by atoms with E-state index in [1.54, 1.807) is 6.07 Å². The molecule has 0 atom stereocenters. The van der Waals surface area contributed by atoms with E-state index >= 15 is 0 Å². The molecule has 3 aromatic rings. The number of para-hydroxylation sites is 2. The molecule has 2 heterocycles. The average molecular weight is 468 g/mol. The number of thiophene rings is 1. The van der Waals surface area contributed by atoms with Gasteiger partial charge in [-0.2, -0.15) is 13.2 Å². The normalized spacial score (nSPS) is 12.4. The molecular formula is C21H13ClF3NO4S. The lowest BCUT2D eigenvalue weighted by Gasteiger charge is -2.16. The van der Waals surface area contributed by atoms with E-state index in [1.165, 1.54) is 17.4 Å². The second-order valence-electron chi connectivity index (χ2n) is 6.53. The Kier molecular flexibility index (Phi) is 5.63. The van der Waals surface area contributed by atoms with Gasteiger partial charge < -0.3 is 14.8 Å². The van der Waals surface area contributed by atoms with E-state index < -0.39 is 35.9 Å². The Morgan fingerprint density at radius 2 is 1.94 bits per heavy atom. The second kappa shape index (κ2) is 8.24. The lowest BCUT2D eigenvalue weighted by Crippen LogP contribution is -2.22. The fraction of sp³-hybridized carbons (Fsp3) is 0.143. The van der Waals surface area contributed by atoms with Gasteiger partial charge in [0.25, 0.3) is 5.91 Å². The van der Waals surface area contributed by atoms with Crippen molar-refractivity contribution >= 4 is 40.5 Å². The fourth-order valence-electron chi connectivity index (χ4n) is 3.07. The molecule has 0 spiro atoms. The Morgan fingerprint density at radius 3 is 2.71 bits per heavy atom. The third kappa shape index (κ3) is 4.38. The highest BCUT2D eigenvalue weighted by atomic mass is 35.5. The van der Waals surface area contributed by atoms with Crippen LogP contribution in [-0.2, 0) is 22.3 Å². The molecule has 10 heteroatoms. The molecule has 0 fully saturated rings. The number of carbonyl (C=O) groups is 2. The van der Waals surface area contributed by atoms with Gasteiger partial charge in [0.2, 0.25) is 0 Å². The molecule has 2 aromatic carbocycles. The molecule has 0 aliphatic carbocycles. The summed E-state index contributed by atoms with van der Waals surface area (Å²) in [5, 5.41) is 1.79. The van der Waals surface area contributed by atoms with Crippen molar-refractivity contribution < 1.29 is 32.2 Å². The number of esters is 1. The Morgan fingerprint density at radius 1 is 1.16 bits per heavy atom. The number of hydrogen-bond donors (Lipinski definition) is 1. The van der Waals surface area contributed by atoms with Gasteiger partial charge in [0.15, 0.2) is 6.61 Å². The summed E-state index contributed by atoms with van der Waals surface area (Å²) in [5.74, 6) is -1.000. The van der Waals surface area contributed by atoms with Crippen molar-refractivity contribution in [3.8, 4) is 16.2 Å². The Labute approximate surface area is 183 Å². The van der Waals surface area contributed by atoms with Crippen molar-refractivity contribution in [3.05, 3.63) is 69.6 Å². The number of fused-ring (bicyclic) bond motifs is 3. The maximum atomic E-state index is 13.1. The quantitative estimate of drug-likeness (QED) is 0.494. The van der Waals surface area contributed by atoms with Gasteiger partial charge in [0, 0.05) is 16.0 Å². The largest absolute Gasteiger partial charge is 0.488 e. The van der Waals surface area contributed by atoms with Crippen LogP contribution in [0.2, 0.25) is 5.02 Å². The predicted molar refractivity (Wildman–Crippen MR) is 109 cm³/mol. The Balaban J connectivity index is 1.44. The molecule has 31 heavy (non-hydrogen) atoms. The molecule has 4 rings (SSSR count). The van der Waals surface area contributed by atoms with Crippen molar-refractivity contribution in [2.24, 2.45) is 0 Å². The van der Waals surface area contributed by atoms with Crippen LogP contribution < -0.4 is 10.1 Å². The van der Waals surface area contributed by atoms with E-state index in [0.717, 1.165) is 28.1 Å². The number of rotatable bonds is 4. The number of anilines is 1. The highest BCUT2D eigenvalue weighted by Crippen LogP contribution is 2.42. The minimum absolute atomic E-state index is 0.256. The van der Waals surface area contributed by atoms with Gasteiger partial charge in [-0.05, 0) is 30.3 Å². The van der Waals surface area contributed by atoms with Crippen LogP contribution in [0.5, 0.6) is 5.75 Å². The molecule has 1 aliphatic rings. The fourth-order valence-corrected chi connectivity index (χ4v) is 4.38. The van der Waals surface area contributed by atoms with Crippen LogP contribution in [0.4, 0.5) is 18.9 Å². The molecule has 1 aromatic heterocycles. The first-order valence-electron chi connectivity index (χ1n) is 8.91. The van der Waals surface area contributed by atoms with Gasteiger partial charge in [-0.25, -0.2) is 4.79 Å². The van der Waals surface area contributed by atoms with Crippen molar-refractivity contribution in [1.29, 1.82) is 0 Å². The summed E-state index contributed by atoms with van der Waals surface area (Å²) in [6.45, 7) is -0.472. The summed E-state index contributed by atoms with van der Waals surface area (Å²) >= 11 is 7.00. The zero-order valence-corrected chi connectivity index (χ0v) is 17.2. The molecule has 0 saturated heterocycles. The molecule has 1 aliphatic heterocycles. The lowest BCUT2D eigenvalue weighted by molar-refractivity contribution is -0.137. The number of hydrogen-bond acceptors (Lipinski definition) is 5. The number of amides is 1. The van der Waals surface area contributed by atoms with E-state index in [9.17, 15) is 22.8 Å². The molecule has 1 N–H and O–H groups in total. The van der Waals surface area contributed by atoms with E-state index in [1.807, 2.05) is 24.3 Å². The number of nitrogens with one attached hydrogen (secondary N) is 1. The van der Waals surface area contributed by atoms with Crippen molar-refractivity contribution in [1.82, 2.24) is 0 Å². The minimum Gasteiger partial charge on any atom is -0.488 e. The van der Waals surface area contributed by atoms with Crippen molar-refractivity contribution in [2.45, 2.75) is 12.8 Å². The number of alkyl halides is 3. The highest BCUT2D eigenvalue weighted by Gasteiger charge is 2.35. The van der Waals surface area contributed by atoms with Gasteiger partial charge in [-0.3, -0.25) is 4.79 Å². The first-order valence-corrected chi connectivity index (χ1v) is 10.1. The van der Waals surface area contributed by atoms with E-state index in [0.29, 0.717) is 12.4 Å². The zero-order chi connectivity index (χ0) is 22.2. The maximum Gasteiger partial charge on any atom is 0.418 e. The SMILES string of the molecule is O=C(COC(=O)c1cc2c(s1)-c1ccccc1OC2)Nc1c(Cl)cccc1C(F)(F)F. The van der Waals surface area contributed by atoms with Gasteiger partial charge in [-0.1, -0.05) is 29.8 Å². The molecule has 5 nitrogen and oxygen atoms in total. The van der Waals surface area contributed by atoms with Crippen LogP contribution in [0, 0.1) is 0 Å². The van der Waals surface area contributed by atoms with Crippen LogP contribution in [0.15, 0.2) is 48.5 Å². The van der Waals surface area contributed by atoms with Crippen LogP contribution in [0.3, 0.4) is 0 Å². The molecule has 1 amide bonds. The molecular weight excluding hydrogens is 455 g/mol. The van der Waals surface area contributed by atoms with Crippen LogP contribution in [0.1, 0.15) is 20.8 Å². The lowest BCUT2D eigenvalue weighted by atomic mass is 10.1. The monoisotopic (exact) mass is 467 g/mol. The maximum absolute atomic E-state index is 13.1. The number of halogens is 4.